The molecular weight excluding hydrogens is 362 g/mol. The highest BCUT2D eigenvalue weighted by molar-refractivity contribution is 9.10. The fraction of sp³-hybridized carbons (Fsp3) is 0.562. The minimum atomic E-state index is 0.567. The van der Waals surface area contributed by atoms with Crippen molar-refractivity contribution in [3.63, 3.8) is 0 Å². The second kappa shape index (κ2) is 13.2. The fourth-order valence-corrected chi connectivity index (χ4v) is 2.12. The lowest BCUT2D eigenvalue weighted by Crippen LogP contribution is -2.39. The van der Waals surface area contributed by atoms with Gasteiger partial charge < -0.3 is 24.8 Å². The molecule has 0 aliphatic carbocycles. The average Bonchev–Trinajstić information content (AvgIpc) is 2.56. The molecule has 0 aliphatic rings. The van der Waals surface area contributed by atoms with Gasteiger partial charge in [-0.1, -0.05) is 22.0 Å². The predicted molar refractivity (Wildman–Crippen MR) is 96.3 cm³/mol. The number of hydrogen-bond donors (Lipinski definition) is 2. The van der Waals surface area contributed by atoms with Gasteiger partial charge in [0.2, 0.25) is 0 Å². The van der Waals surface area contributed by atoms with Gasteiger partial charge in [0.25, 0.3) is 0 Å². The minimum Gasteiger partial charge on any atom is -0.492 e. The van der Waals surface area contributed by atoms with E-state index in [1.54, 1.807) is 14.2 Å². The van der Waals surface area contributed by atoms with Crippen LogP contribution in [-0.2, 0) is 9.47 Å². The summed E-state index contributed by atoms with van der Waals surface area (Å²) in [7, 11) is 3.42. The van der Waals surface area contributed by atoms with Crippen molar-refractivity contribution >= 4 is 21.9 Å². The van der Waals surface area contributed by atoms with Crippen LogP contribution in [0.3, 0.4) is 0 Å². The second-order valence-electron chi connectivity index (χ2n) is 4.69. The molecule has 0 aromatic heterocycles. The Morgan fingerprint density at radius 1 is 1.13 bits per heavy atom. The van der Waals surface area contributed by atoms with Gasteiger partial charge in [-0.15, -0.1) is 0 Å². The predicted octanol–water partition coefficient (Wildman–Crippen LogP) is 2.05. The van der Waals surface area contributed by atoms with Gasteiger partial charge in [0.15, 0.2) is 5.96 Å². The summed E-state index contributed by atoms with van der Waals surface area (Å²) in [6, 6.07) is 7.79. The Balaban J connectivity index is 2.05. The van der Waals surface area contributed by atoms with E-state index < -0.39 is 0 Å². The van der Waals surface area contributed by atoms with E-state index >= 15 is 0 Å². The molecule has 1 aromatic carbocycles. The highest BCUT2D eigenvalue weighted by Crippen LogP contribution is 2.17. The molecule has 0 radical (unpaired) electrons. The van der Waals surface area contributed by atoms with Crippen LogP contribution in [0, 0.1) is 0 Å². The van der Waals surface area contributed by atoms with E-state index in [0.717, 1.165) is 29.1 Å². The molecule has 0 spiro atoms. The van der Waals surface area contributed by atoms with E-state index in [4.69, 9.17) is 14.2 Å². The minimum absolute atomic E-state index is 0.567. The lowest BCUT2D eigenvalue weighted by Gasteiger charge is -2.12. The number of nitrogens with zero attached hydrogens (tertiary/aromatic N) is 1. The molecule has 0 fully saturated rings. The summed E-state index contributed by atoms with van der Waals surface area (Å²) in [5.41, 5.74) is 0. The number of hydrogen-bond acceptors (Lipinski definition) is 4. The van der Waals surface area contributed by atoms with Gasteiger partial charge in [0.05, 0.1) is 19.8 Å². The maximum absolute atomic E-state index is 5.66. The molecule has 130 valence electrons. The monoisotopic (exact) mass is 387 g/mol. The van der Waals surface area contributed by atoms with E-state index in [0.29, 0.717) is 33.0 Å². The van der Waals surface area contributed by atoms with Crippen LogP contribution in [0.5, 0.6) is 5.75 Å². The molecule has 0 saturated carbocycles. The van der Waals surface area contributed by atoms with E-state index in [2.05, 4.69) is 31.6 Å². The number of benzene rings is 1. The van der Waals surface area contributed by atoms with Gasteiger partial charge in [-0.3, -0.25) is 4.99 Å². The third-order valence-electron chi connectivity index (χ3n) is 2.87. The van der Waals surface area contributed by atoms with E-state index in [-0.39, 0.29) is 0 Å². The zero-order valence-corrected chi connectivity index (χ0v) is 15.4. The molecule has 1 aromatic rings. The smallest absolute Gasteiger partial charge is 0.191 e. The molecule has 0 unspecified atom stereocenters. The second-order valence-corrected chi connectivity index (χ2v) is 5.61. The van der Waals surface area contributed by atoms with Gasteiger partial charge in [-0.2, -0.15) is 0 Å². The summed E-state index contributed by atoms with van der Waals surface area (Å²) in [5.74, 6) is 1.61. The van der Waals surface area contributed by atoms with Crippen molar-refractivity contribution in [2.75, 3.05) is 53.7 Å². The van der Waals surface area contributed by atoms with Crippen LogP contribution in [0.1, 0.15) is 6.42 Å². The molecule has 6 nitrogen and oxygen atoms in total. The molecule has 23 heavy (non-hydrogen) atoms. The number of halogens is 1. The third-order valence-corrected chi connectivity index (χ3v) is 3.37. The van der Waals surface area contributed by atoms with Crippen molar-refractivity contribution in [3.05, 3.63) is 28.7 Å². The zero-order valence-electron chi connectivity index (χ0n) is 13.8. The van der Waals surface area contributed by atoms with Gasteiger partial charge in [0.1, 0.15) is 12.4 Å². The summed E-state index contributed by atoms with van der Waals surface area (Å²) < 4.78 is 17.0. The molecule has 0 heterocycles. The number of nitrogens with one attached hydrogen (secondary N) is 2. The van der Waals surface area contributed by atoms with Crippen molar-refractivity contribution in [3.8, 4) is 5.75 Å². The molecule has 0 bridgehead atoms. The zero-order chi connectivity index (χ0) is 16.8. The van der Waals surface area contributed by atoms with Crippen LogP contribution in [0.25, 0.3) is 0 Å². The Kier molecular flexibility index (Phi) is 11.3. The van der Waals surface area contributed by atoms with Crippen molar-refractivity contribution in [2.24, 2.45) is 4.99 Å². The summed E-state index contributed by atoms with van der Waals surface area (Å²) in [6.07, 6.45) is 0.916. The lowest BCUT2D eigenvalue weighted by molar-refractivity contribution is 0.0698. The molecule has 2 N–H and O–H groups in total. The molecule has 7 heteroatoms. The van der Waals surface area contributed by atoms with Crippen molar-refractivity contribution < 1.29 is 14.2 Å². The standard InChI is InChI=1S/C16H26BrN3O3/c1-18-16(19-7-4-9-22-12-11-21-2)20-8-10-23-15-6-3-5-14(17)13-15/h3,5-6,13H,4,7-12H2,1-2H3,(H2,18,19,20). The first-order valence-electron chi connectivity index (χ1n) is 7.66. The molecule has 0 aliphatic heterocycles. The number of guanidine groups is 1. The maximum atomic E-state index is 5.66. The topological polar surface area (TPSA) is 64.1 Å². The van der Waals surface area contributed by atoms with E-state index in [1.807, 2.05) is 24.3 Å². The van der Waals surface area contributed by atoms with Crippen molar-refractivity contribution in [2.45, 2.75) is 6.42 Å². The van der Waals surface area contributed by atoms with Gasteiger partial charge in [-0.05, 0) is 24.6 Å². The SMILES string of the molecule is CN=C(NCCCOCCOC)NCCOc1cccc(Br)c1. The molecular formula is C16H26BrN3O3. The Morgan fingerprint density at radius 3 is 2.70 bits per heavy atom. The number of methoxy groups -OCH3 is 1. The summed E-state index contributed by atoms with van der Waals surface area (Å²) in [4.78, 5) is 4.16. The lowest BCUT2D eigenvalue weighted by atomic mass is 10.3. The Labute approximate surface area is 146 Å². The largest absolute Gasteiger partial charge is 0.492 e. The Bertz CT molecular complexity index is 458. The number of ether oxygens (including phenoxy) is 3. The van der Waals surface area contributed by atoms with Crippen LogP contribution in [0.2, 0.25) is 0 Å². The van der Waals surface area contributed by atoms with Gasteiger partial charge in [-0.25, -0.2) is 0 Å². The third kappa shape index (κ3) is 10.1. The molecule has 0 amide bonds. The van der Waals surface area contributed by atoms with Crippen LogP contribution in [0.15, 0.2) is 33.7 Å². The summed E-state index contributed by atoms with van der Waals surface area (Å²) >= 11 is 3.42. The highest BCUT2D eigenvalue weighted by Gasteiger charge is 1.98. The first-order valence-corrected chi connectivity index (χ1v) is 8.45. The molecule has 0 atom stereocenters. The summed E-state index contributed by atoms with van der Waals surface area (Å²) in [5, 5.41) is 6.44. The molecule has 1 rings (SSSR count). The Hall–Kier alpha value is -1.31. The van der Waals surface area contributed by atoms with Gasteiger partial charge >= 0.3 is 0 Å². The quantitative estimate of drug-likeness (QED) is 0.345. The van der Waals surface area contributed by atoms with Crippen molar-refractivity contribution in [1.29, 1.82) is 0 Å². The first-order chi connectivity index (χ1) is 11.3. The number of aliphatic imine (C=N–C) groups is 1. The van der Waals surface area contributed by atoms with Crippen LogP contribution >= 0.6 is 15.9 Å². The van der Waals surface area contributed by atoms with Crippen LogP contribution in [0.4, 0.5) is 0 Å². The maximum Gasteiger partial charge on any atom is 0.191 e. The van der Waals surface area contributed by atoms with Gasteiger partial charge in [0, 0.05) is 31.8 Å². The first kappa shape index (κ1) is 19.7. The highest BCUT2D eigenvalue weighted by atomic mass is 79.9. The number of rotatable bonds is 11. The average molecular weight is 388 g/mol. The molecule has 0 saturated heterocycles. The summed E-state index contributed by atoms with van der Waals surface area (Å²) in [6.45, 7) is 4.03. The van der Waals surface area contributed by atoms with Crippen LogP contribution < -0.4 is 15.4 Å². The fourth-order valence-electron chi connectivity index (χ4n) is 1.74. The van der Waals surface area contributed by atoms with E-state index in [9.17, 15) is 0 Å². The normalized spacial score (nSPS) is 11.3. The van der Waals surface area contributed by atoms with Crippen molar-refractivity contribution in [1.82, 2.24) is 10.6 Å². The van der Waals surface area contributed by atoms with E-state index in [1.165, 1.54) is 0 Å². The Morgan fingerprint density at radius 2 is 1.96 bits per heavy atom. The van der Waals surface area contributed by atoms with Crippen LogP contribution in [-0.4, -0.2) is 59.6 Å².